The first-order valence-corrected chi connectivity index (χ1v) is 14.7. The summed E-state index contributed by atoms with van der Waals surface area (Å²) in [5, 5.41) is 13.4. The number of nitrogens with one attached hydrogen (secondary N) is 1. The van der Waals surface area contributed by atoms with Crippen molar-refractivity contribution in [2.45, 2.75) is 57.9 Å². The van der Waals surface area contributed by atoms with Crippen molar-refractivity contribution in [3.8, 4) is 0 Å². The lowest BCUT2D eigenvalue weighted by Crippen LogP contribution is -2.38. The van der Waals surface area contributed by atoms with Crippen molar-refractivity contribution in [3.05, 3.63) is 33.7 Å². The van der Waals surface area contributed by atoms with Crippen LogP contribution in [-0.2, 0) is 36.9 Å². The molecule has 0 radical (unpaired) electrons. The third kappa shape index (κ3) is 5.29. The number of carbonyl (C=O) groups excluding carboxylic acids is 1. The zero-order valence-corrected chi connectivity index (χ0v) is 23.2. The molecule has 0 spiro atoms. The molecule has 4 aromatic heterocycles. The number of fused-ring (bicyclic) bond motifs is 2. The maximum Gasteiger partial charge on any atom is 0.451 e. The van der Waals surface area contributed by atoms with Crippen LogP contribution in [-0.4, -0.2) is 61.3 Å². The monoisotopic (exact) mass is 592 g/mol. The van der Waals surface area contributed by atoms with Crippen molar-refractivity contribution in [3.63, 3.8) is 0 Å². The number of hydrogen-bond donors (Lipinski definition) is 2. The van der Waals surface area contributed by atoms with Gasteiger partial charge in [-0.3, -0.25) is 4.79 Å². The molecule has 0 aromatic carbocycles. The van der Waals surface area contributed by atoms with E-state index in [0.29, 0.717) is 42.2 Å². The Bertz CT molecular complexity index is 1550. The molecule has 2 aliphatic heterocycles. The van der Waals surface area contributed by atoms with E-state index >= 15 is 0 Å². The summed E-state index contributed by atoms with van der Waals surface area (Å²) in [5.41, 5.74) is 6.31. The number of nitrogens with zero attached hydrogens (tertiary/aromatic N) is 8. The second-order valence-electron chi connectivity index (χ2n) is 9.89. The standard InChI is InChI=1S/C24H27F3N10OS2/c1-2-3-15-9-16-19(35-6-7-37-17(11-35)33-34-21(37)24(25,26)27)31-23(32-20(16)40-15)36-5-4-13(10-36)29-18(38)8-14-12-39-22(28)30-14/h9,12-13H,2-8,10-11H2,1H3,(H2,28,30)(H,29,38)/t13-/m0/s1. The number of rotatable bonds is 7. The lowest BCUT2D eigenvalue weighted by molar-refractivity contribution is -0.147. The van der Waals surface area contributed by atoms with E-state index in [-0.39, 0.29) is 37.3 Å². The molecule has 40 heavy (non-hydrogen) atoms. The summed E-state index contributed by atoms with van der Waals surface area (Å²) in [6.45, 7) is 3.92. The third-order valence-corrected chi connectivity index (χ3v) is 8.77. The maximum atomic E-state index is 13.4. The fraction of sp³-hybridized carbons (Fsp3) is 0.500. The van der Waals surface area contributed by atoms with E-state index in [4.69, 9.17) is 15.7 Å². The van der Waals surface area contributed by atoms with Crippen LogP contribution in [0, 0.1) is 0 Å². The molecule has 6 heterocycles. The predicted octanol–water partition coefficient (Wildman–Crippen LogP) is 3.25. The SMILES string of the molecule is CCCc1cc2c(N3CCn4c(nnc4C(F)(F)F)C3)nc(N3CC[C@H](NC(=O)Cc4csc(N)n4)C3)nc2s1. The first-order valence-electron chi connectivity index (χ1n) is 13.0. The molecule has 0 aliphatic carbocycles. The van der Waals surface area contributed by atoms with Gasteiger partial charge in [-0.15, -0.1) is 32.9 Å². The molecular formula is C24H27F3N10OS2. The number of nitrogen functional groups attached to an aromatic ring is 1. The number of hydrogen-bond acceptors (Lipinski definition) is 11. The number of halogens is 3. The summed E-state index contributed by atoms with van der Waals surface area (Å²) < 4.78 is 41.2. The summed E-state index contributed by atoms with van der Waals surface area (Å²) >= 11 is 2.91. The van der Waals surface area contributed by atoms with Gasteiger partial charge in [0.25, 0.3) is 0 Å². The van der Waals surface area contributed by atoms with Gasteiger partial charge in [-0.1, -0.05) is 13.3 Å². The van der Waals surface area contributed by atoms with Crippen molar-refractivity contribution in [2.75, 3.05) is 35.2 Å². The molecule has 2 aliphatic rings. The third-order valence-electron chi connectivity index (χ3n) is 6.96. The molecule has 11 nitrogen and oxygen atoms in total. The topological polar surface area (TPSA) is 131 Å². The van der Waals surface area contributed by atoms with Gasteiger partial charge in [0.1, 0.15) is 10.6 Å². The number of thiazole rings is 1. The first-order chi connectivity index (χ1) is 19.2. The molecular weight excluding hydrogens is 565 g/mol. The van der Waals surface area contributed by atoms with Crippen LogP contribution in [0.2, 0.25) is 0 Å². The molecule has 0 saturated carbocycles. The highest BCUT2D eigenvalue weighted by Gasteiger charge is 2.40. The van der Waals surface area contributed by atoms with Gasteiger partial charge in [0.2, 0.25) is 17.7 Å². The van der Waals surface area contributed by atoms with Crippen molar-refractivity contribution in [1.82, 2.24) is 35.0 Å². The molecule has 1 atom stereocenters. The number of aryl methyl sites for hydroxylation is 1. The summed E-state index contributed by atoms with van der Waals surface area (Å²) in [5.74, 6) is 0.378. The van der Waals surface area contributed by atoms with Gasteiger partial charge in [0.15, 0.2) is 11.0 Å². The highest BCUT2D eigenvalue weighted by Crippen LogP contribution is 2.36. The largest absolute Gasteiger partial charge is 0.451 e. The Hall–Kier alpha value is -3.53. The van der Waals surface area contributed by atoms with Crippen molar-refractivity contribution in [1.29, 1.82) is 0 Å². The van der Waals surface area contributed by atoms with Crippen LogP contribution < -0.4 is 20.9 Å². The van der Waals surface area contributed by atoms with Gasteiger partial charge >= 0.3 is 6.18 Å². The van der Waals surface area contributed by atoms with E-state index in [1.807, 2.05) is 9.80 Å². The number of anilines is 3. The Morgan fingerprint density at radius 3 is 2.77 bits per heavy atom. The van der Waals surface area contributed by atoms with Crippen molar-refractivity contribution < 1.29 is 18.0 Å². The van der Waals surface area contributed by atoms with Gasteiger partial charge in [-0.2, -0.15) is 18.2 Å². The average molecular weight is 593 g/mol. The van der Waals surface area contributed by atoms with Crippen LogP contribution in [0.1, 0.15) is 42.0 Å². The molecule has 6 rings (SSSR count). The number of thiophene rings is 1. The minimum atomic E-state index is -4.56. The summed E-state index contributed by atoms with van der Waals surface area (Å²) in [6.07, 6.45) is -1.76. The molecule has 1 saturated heterocycles. The molecule has 212 valence electrons. The van der Waals surface area contributed by atoms with E-state index in [1.165, 1.54) is 16.2 Å². The van der Waals surface area contributed by atoms with Gasteiger partial charge in [0, 0.05) is 42.5 Å². The fourth-order valence-corrected chi connectivity index (χ4v) is 6.83. The van der Waals surface area contributed by atoms with Crippen LogP contribution in [0.3, 0.4) is 0 Å². The van der Waals surface area contributed by atoms with E-state index < -0.39 is 12.0 Å². The van der Waals surface area contributed by atoms with E-state index in [1.54, 1.807) is 16.7 Å². The van der Waals surface area contributed by atoms with Crippen LogP contribution in [0.4, 0.5) is 30.1 Å². The predicted molar refractivity (Wildman–Crippen MR) is 146 cm³/mol. The number of amides is 1. The van der Waals surface area contributed by atoms with Crippen LogP contribution in [0.15, 0.2) is 11.4 Å². The summed E-state index contributed by atoms with van der Waals surface area (Å²) in [6, 6.07) is 2.01. The highest BCUT2D eigenvalue weighted by molar-refractivity contribution is 7.18. The highest BCUT2D eigenvalue weighted by atomic mass is 32.1. The Morgan fingerprint density at radius 1 is 1.18 bits per heavy atom. The van der Waals surface area contributed by atoms with Gasteiger partial charge < -0.3 is 25.4 Å². The lowest BCUT2D eigenvalue weighted by atomic mass is 10.2. The second-order valence-corrected chi connectivity index (χ2v) is 11.9. The molecule has 3 N–H and O–H groups in total. The molecule has 16 heteroatoms. The summed E-state index contributed by atoms with van der Waals surface area (Å²) in [7, 11) is 0. The minimum absolute atomic E-state index is 0.0699. The molecule has 1 amide bonds. The van der Waals surface area contributed by atoms with Gasteiger partial charge in [-0.25, -0.2) is 9.97 Å². The molecule has 0 bridgehead atoms. The minimum Gasteiger partial charge on any atom is -0.375 e. The Balaban J connectivity index is 1.24. The van der Waals surface area contributed by atoms with E-state index in [9.17, 15) is 18.0 Å². The average Bonchev–Trinajstić information content (AvgIpc) is 3.69. The molecule has 0 unspecified atom stereocenters. The van der Waals surface area contributed by atoms with Crippen LogP contribution >= 0.6 is 22.7 Å². The van der Waals surface area contributed by atoms with Gasteiger partial charge in [-0.05, 0) is 18.9 Å². The normalized spacial score (nSPS) is 17.6. The Labute approximate surface area is 235 Å². The van der Waals surface area contributed by atoms with Crippen LogP contribution in [0.25, 0.3) is 10.2 Å². The van der Waals surface area contributed by atoms with Crippen LogP contribution in [0.5, 0.6) is 0 Å². The summed E-state index contributed by atoms with van der Waals surface area (Å²) in [4.78, 5) is 32.5. The number of nitrogens with two attached hydrogens (primary N) is 1. The number of carbonyl (C=O) groups is 1. The van der Waals surface area contributed by atoms with Gasteiger partial charge in [0.05, 0.1) is 24.0 Å². The zero-order valence-electron chi connectivity index (χ0n) is 21.6. The van der Waals surface area contributed by atoms with Crippen molar-refractivity contribution >= 4 is 55.7 Å². The number of aromatic nitrogens is 6. The zero-order chi connectivity index (χ0) is 28.0. The smallest absolute Gasteiger partial charge is 0.375 e. The lowest BCUT2D eigenvalue weighted by Gasteiger charge is -2.30. The first kappa shape index (κ1) is 26.7. The Morgan fingerprint density at radius 2 is 2.02 bits per heavy atom. The van der Waals surface area contributed by atoms with E-state index in [2.05, 4.69) is 33.5 Å². The fourth-order valence-electron chi connectivity index (χ4n) is 5.15. The number of alkyl halides is 3. The second kappa shape index (κ2) is 10.5. The molecule has 4 aromatic rings. The van der Waals surface area contributed by atoms with Crippen molar-refractivity contribution in [2.24, 2.45) is 0 Å². The maximum absolute atomic E-state index is 13.4. The quantitative estimate of drug-likeness (QED) is 0.332. The van der Waals surface area contributed by atoms with E-state index in [0.717, 1.165) is 34.0 Å². The Kier molecular flexibility index (Phi) is 6.98. The molecule has 1 fully saturated rings.